The Morgan fingerprint density at radius 3 is 2.66 bits per heavy atom. The van der Waals surface area contributed by atoms with E-state index in [0.717, 1.165) is 47.0 Å². The Hall–Kier alpha value is -3.29. The summed E-state index contributed by atoms with van der Waals surface area (Å²) in [6.07, 6.45) is 8.59. The second-order valence-electron chi connectivity index (χ2n) is 9.35. The van der Waals surface area contributed by atoms with Gasteiger partial charge in [0, 0.05) is 59.6 Å². The monoisotopic (exact) mass is 488 g/mol. The predicted octanol–water partition coefficient (Wildman–Crippen LogP) is 5.75. The number of H-pyrrole nitrogens is 1. The van der Waals surface area contributed by atoms with Crippen LogP contribution in [0.4, 0.5) is 17.3 Å². The molecule has 2 aromatic heterocycles. The molecule has 2 aromatic carbocycles. The van der Waals surface area contributed by atoms with Gasteiger partial charge in [-0.05, 0) is 43.9 Å². The number of halogens is 1. The molecule has 35 heavy (non-hydrogen) atoms. The van der Waals surface area contributed by atoms with Crippen LogP contribution in [0, 0.1) is 0 Å². The van der Waals surface area contributed by atoms with Gasteiger partial charge in [-0.3, -0.25) is 0 Å². The SMILES string of the molecule is COc1cc(N2CCC(NC3CC3)CC2)ccc1Nc1ncc(Cl)c(-c2c[nH]c3ccccc23)n1. The van der Waals surface area contributed by atoms with Gasteiger partial charge in [-0.1, -0.05) is 29.8 Å². The molecule has 1 saturated carbocycles. The van der Waals surface area contributed by atoms with E-state index in [1.807, 2.05) is 30.5 Å². The number of methoxy groups -OCH3 is 1. The van der Waals surface area contributed by atoms with Crippen LogP contribution in [0.5, 0.6) is 5.75 Å². The maximum atomic E-state index is 6.50. The molecule has 6 rings (SSSR count). The minimum absolute atomic E-state index is 0.465. The predicted molar refractivity (Wildman–Crippen MR) is 142 cm³/mol. The Bertz CT molecular complexity index is 1340. The number of hydrogen-bond acceptors (Lipinski definition) is 6. The van der Waals surface area contributed by atoms with Crippen molar-refractivity contribution in [1.82, 2.24) is 20.3 Å². The zero-order valence-corrected chi connectivity index (χ0v) is 20.5. The molecule has 0 bridgehead atoms. The van der Waals surface area contributed by atoms with Gasteiger partial charge in [-0.25, -0.2) is 9.97 Å². The summed E-state index contributed by atoms with van der Waals surface area (Å²) < 4.78 is 5.73. The first kappa shape index (κ1) is 22.2. The highest BCUT2D eigenvalue weighted by atomic mass is 35.5. The number of aromatic amines is 1. The fourth-order valence-corrected chi connectivity index (χ4v) is 5.06. The Morgan fingerprint density at radius 2 is 1.86 bits per heavy atom. The lowest BCUT2D eigenvalue weighted by molar-refractivity contribution is 0.409. The normalized spacial score (nSPS) is 16.6. The average molecular weight is 489 g/mol. The average Bonchev–Trinajstić information content (AvgIpc) is 3.61. The highest BCUT2D eigenvalue weighted by Gasteiger charge is 2.27. The van der Waals surface area contributed by atoms with Crippen LogP contribution in [0.3, 0.4) is 0 Å². The second kappa shape index (κ2) is 9.40. The number of para-hydroxylation sites is 1. The quantitative estimate of drug-likeness (QED) is 0.307. The van der Waals surface area contributed by atoms with Gasteiger partial charge in [0.1, 0.15) is 5.75 Å². The van der Waals surface area contributed by atoms with Crippen molar-refractivity contribution in [1.29, 1.82) is 0 Å². The third-order valence-corrected chi connectivity index (χ3v) is 7.21. The number of nitrogens with one attached hydrogen (secondary N) is 3. The lowest BCUT2D eigenvalue weighted by Crippen LogP contribution is -2.43. The molecule has 4 aromatic rings. The van der Waals surface area contributed by atoms with Gasteiger partial charge in [-0.15, -0.1) is 0 Å². The molecule has 1 saturated heterocycles. The maximum Gasteiger partial charge on any atom is 0.227 e. The van der Waals surface area contributed by atoms with Gasteiger partial charge in [0.05, 0.1) is 29.7 Å². The Morgan fingerprint density at radius 1 is 1.06 bits per heavy atom. The van der Waals surface area contributed by atoms with Crippen molar-refractivity contribution >= 4 is 39.8 Å². The maximum absolute atomic E-state index is 6.50. The third-order valence-electron chi connectivity index (χ3n) is 6.93. The molecule has 7 nitrogen and oxygen atoms in total. The molecule has 3 heterocycles. The number of hydrogen-bond donors (Lipinski definition) is 3. The van der Waals surface area contributed by atoms with E-state index in [0.29, 0.717) is 22.7 Å². The summed E-state index contributed by atoms with van der Waals surface area (Å²) >= 11 is 6.50. The van der Waals surface area contributed by atoms with Crippen LogP contribution in [-0.4, -0.2) is 47.2 Å². The zero-order valence-electron chi connectivity index (χ0n) is 19.7. The lowest BCUT2D eigenvalue weighted by Gasteiger charge is -2.34. The summed E-state index contributed by atoms with van der Waals surface area (Å²) in [5.41, 5.74) is 4.65. The lowest BCUT2D eigenvalue weighted by atomic mass is 10.0. The molecule has 3 N–H and O–H groups in total. The van der Waals surface area contributed by atoms with Crippen LogP contribution < -0.4 is 20.3 Å². The first-order valence-corrected chi connectivity index (χ1v) is 12.6. The Kier molecular flexibility index (Phi) is 5.96. The number of fused-ring (bicyclic) bond motifs is 1. The first-order valence-electron chi connectivity index (χ1n) is 12.2. The van der Waals surface area contributed by atoms with Crippen molar-refractivity contribution < 1.29 is 4.74 Å². The van der Waals surface area contributed by atoms with E-state index in [2.05, 4.69) is 43.7 Å². The van der Waals surface area contributed by atoms with E-state index in [9.17, 15) is 0 Å². The molecule has 180 valence electrons. The molecule has 0 amide bonds. The standard InChI is InChI=1S/C27H29ClN6O/c1-35-25-14-19(34-12-10-18(11-13-34)31-17-6-7-17)8-9-24(25)32-27-30-16-22(28)26(33-27)21-15-29-23-5-3-2-4-20(21)23/h2-5,8-9,14-18,29,31H,6-7,10-13H2,1H3,(H,30,32,33). The number of nitrogens with zero attached hydrogens (tertiary/aromatic N) is 3. The van der Waals surface area contributed by atoms with E-state index in [4.69, 9.17) is 21.3 Å². The summed E-state index contributed by atoms with van der Waals surface area (Å²) in [6, 6.07) is 15.8. The fraction of sp³-hybridized carbons (Fsp3) is 0.333. The van der Waals surface area contributed by atoms with Crippen LogP contribution in [-0.2, 0) is 0 Å². The van der Waals surface area contributed by atoms with Crippen LogP contribution >= 0.6 is 11.6 Å². The van der Waals surface area contributed by atoms with Crippen LogP contribution in [0.1, 0.15) is 25.7 Å². The molecule has 0 atom stereocenters. The van der Waals surface area contributed by atoms with Gasteiger partial charge in [0.25, 0.3) is 0 Å². The summed E-state index contributed by atoms with van der Waals surface area (Å²) in [5, 5.41) is 8.66. The molecule has 0 unspecified atom stereocenters. The summed E-state index contributed by atoms with van der Waals surface area (Å²) in [4.78, 5) is 14.9. The molecule has 1 aliphatic heterocycles. The van der Waals surface area contributed by atoms with E-state index >= 15 is 0 Å². The van der Waals surface area contributed by atoms with E-state index in [1.165, 1.54) is 31.4 Å². The highest BCUT2D eigenvalue weighted by molar-refractivity contribution is 6.33. The number of aromatic nitrogens is 3. The van der Waals surface area contributed by atoms with Gasteiger partial charge < -0.3 is 25.3 Å². The minimum Gasteiger partial charge on any atom is -0.494 e. The third kappa shape index (κ3) is 4.66. The Labute approximate surface area is 209 Å². The van der Waals surface area contributed by atoms with Gasteiger partial charge >= 0.3 is 0 Å². The fourth-order valence-electron chi connectivity index (χ4n) is 4.87. The van der Waals surface area contributed by atoms with Crippen molar-refractivity contribution in [2.75, 3.05) is 30.4 Å². The molecular weight excluding hydrogens is 460 g/mol. The Balaban J connectivity index is 1.21. The summed E-state index contributed by atoms with van der Waals surface area (Å²) in [7, 11) is 1.69. The molecular formula is C27H29ClN6O. The molecule has 1 aliphatic carbocycles. The van der Waals surface area contributed by atoms with E-state index < -0.39 is 0 Å². The summed E-state index contributed by atoms with van der Waals surface area (Å²) in [5.74, 6) is 1.22. The van der Waals surface area contributed by atoms with Crippen molar-refractivity contribution in [3.63, 3.8) is 0 Å². The molecule has 8 heteroatoms. The van der Waals surface area contributed by atoms with Gasteiger partial charge in [0.2, 0.25) is 5.95 Å². The zero-order chi connectivity index (χ0) is 23.8. The largest absolute Gasteiger partial charge is 0.494 e. The van der Waals surface area contributed by atoms with Crippen molar-refractivity contribution in [3.05, 3.63) is 59.9 Å². The number of anilines is 3. The highest BCUT2D eigenvalue weighted by Crippen LogP contribution is 2.35. The number of ether oxygens (including phenoxy) is 1. The number of benzene rings is 2. The topological polar surface area (TPSA) is 78.1 Å². The van der Waals surface area contributed by atoms with Gasteiger partial charge in [-0.2, -0.15) is 0 Å². The van der Waals surface area contributed by atoms with E-state index in [-0.39, 0.29) is 0 Å². The van der Waals surface area contributed by atoms with Crippen molar-refractivity contribution in [2.24, 2.45) is 0 Å². The van der Waals surface area contributed by atoms with Crippen LogP contribution in [0.15, 0.2) is 54.9 Å². The number of piperidine rings is 1. The molecule has 2 fully saturated rings. The van der Waals surface area contributed by atoms with E-state index in [1.54, 1.807) is 13.3 Å². The minimum atomic E-state index is 0.465. The summed E-state index contributed by atoms with van der Waals surface area (Å²) in [6.45, 7) is 2.10. The van der Waals surface area contributed by atoms with Crippen molar-refractivity contribution in [2.45, 2.75) is 37.8 Å². The molecule has 0 radical (unpaired) electrons. The van der Waals surface area contributed by atoms with Crippen LogP contribution in [0.2, 0.25) is 5.02 Å². The van der Waals surface area contributed by atoms with Gasteiger partial charge in [0.15, 0.2) is 0 Å². The second-order valence-corrected chi connectivity index (χ2v) is 9.76. The smallest absolute Gasteiger partial charge is 0.227 e. The first-order chi connectivity index (χ1) is 17.2. The number of rotatable bonds is 7. The molecule has 0 spiro atoms. The van der Waals surface area contributed by atoms with Crippen molar-refractivity contribution in [3.8, 4) is 17.0 Å². The molecule has 2 aliphatic rings. The van der Waals surface area contributed by atoms with Crippen LogP contribution in [0.25, 0.3) is 22.2 Å².